The first-order valence-corrected chi connectivity index (χ1v) is 6.65. The number of hydrogen-bond donors (Lipinski definition) is 1. The summed E-state index contributed by atoms with van der Waals surface area (Å²) < 4.78 is 5.66. The molecule has 0 spiro atoms. The lowest BCUT2D eigenvalue weighted by molar-refractivity contribution is -0.0586. The molecule has 1 aromatic carbocycles. The Hall–Kier alpha value is -1.81. The summed E-state index contributed by atoms with van der Waals surface area (Å²) in [6.45, 7) is 5.33. The van der Waals surface area contributed by atoms with Crippen molar-refractivity contribution in [3.05, 3.63) is 36.0 Å². The number of carbonyl (C=O) groups excluding carboxylic acids is 1. The Balaban J connectivity index is 1.86. The molecular formula is C15H18N2O2. The van der Waals surface area contributed by atoms with Crippen LogP contribution in [-0.2, 0) is 4.74 Å². The second-order valence-electron chi connectivity index (χ2n) is 5.25. The minimum absolute atomic E-state index is 0.0819. The fraction of sp³-hybridized carbons (Fsp3) is 0.400. The predicted molar refractivity (Wildman–Crippen MR) is 74.2 cm³/mol. The van der Waals surface area contributed by atoms with Crippen LogP contribution in [0.1, 0.15) is 24.2 Å². The van der Waals surface area contributed by atoms with Crippen molar-refractivity contribution in [2.24, 2.45) is 0 Å². The van der Waals surface area contributed by atoms with Gasteiger partial charge < -0.3 is 14.6 Å². The number of amides is 1. The number of aromatic amines is 1. The van der Waals surface area contributed by atoms with Crippen LogP contribution in [0.15, 0.2) is 30.5 Å². The van der Waals surface area contributed by atoms with Crippen LogP contribution >= 0.6 is 0 Å². The van der Waals surface area contributed by atoms with E-state index in [0.29, 0.717) is 13.1 Å². The quantitative estimate of drug-likeness (QED) is 0.853. The van der Waals surface area contributed by atoms with Gasteiger partial charge in [0, 0.05) is 30.4 Å². The summed E-state index contributed by atoms with van der Waals surface area (Å²) in [5.41, 5.74) is 1.73. The van der Waals surface area contributed by atoms with Crippen LogP contribution in [0, 0.1) is 0 Å². The van der Waals surface area contributed by atoms with Gasteiger partial charge in [0.25, 0.3) is 5.91 Å². The maximum Gasteiger partial charge on any atom is 0.254 e. The number of nitrogens with zero attached hydrogens (tertiary/aromatic N) is 1. The Morgan fingerprint density at radius 2 is 2.00 bits per heavy atom. The molecule has 2 atom stereocenters. The highest BCUT2D eigenvalue weighted by Crippen LogP contribution is 2.18. The third kappa shape index (κ3) is 2.36. The van der Waals surface area contributed by atoms with E-state index in [1.165, 1.54) is 0 Å². The smallest absolute Gasteiger partial charge is 0.254 e. The molecule has 3 rings (SSSR count). The van der Waals surface area contributed by atoms with Gasteiger partial charge in [-0.25, -0.2) is 0 Å². The van der Waals surface area contributed by atoms with Gasteiger partial charge in [-0.3, -0.25) is 4.79 Å². The molecule has 2 aromatic rings. The van der Waals surface area contributed by atoms with Gasteiger partial charge in [0.05, 0.1) is 12.2 Å². The van der Waals surface area contributed by atoms with Gasteiger partial charge >= 0.3 is 0 Å². The minimum atomic E-state index is 0.0819. The van der Waals surface area contributed by atoms with Crippen molar-refractivity contribution in [3.8, 4) is 0 Å². The summed E-state index contributed by atoms with van der Waals surface area (Å²) in [5, 5.41) is 1.13. The van der Waals surface area contributed by atoms with Crippen molar-refractivity contribution in [1.82, 2.24) is 9.88 Å². The molecule has 1 saturated heterocycles. The Labute approximate surface area is 112 Å². The molecule has 0 bridgehead atoms. The van der Waals surface area contributed by atoms with Crippen molar-refractivity contribution in [2.45, 2.75) is 26.1 Å². The number of H-pyrrole nitrogens is 1. The van der Waals surface area contributed by atoms with Crippen molar-refractivity contribution >= 4 is 16.8 Å². The fourth-order valence-electron chi connectivity index (χ4n) is 2.71. The number of fused-ring (bicyclic) bond motifs is 1. The molecule has 1 aliphatic heterocycles. The van der Waals surface area contributed by atoms with Gasteiger partial charge in [-0.1, -0.05) is 6.07 Å². The standard InChI is InChI=1S/C15H18N2O2/c1-10-8-17(9-11(2)19-10)15(18)13-4-3-12-5-6-16-14(12)7-13/h3-7,10-11,16H,8-9H2,1-2H3. The first-order valence-electron chi connectivity index (χ1n) is 6.65. The molecule has 0 radical (unpaired) electrons. The van der Waals surface area contributed by atoms with Crippen LogP contribution in [0.2, 0.25) is 0 Å². The van der Waals surface area contributed by atoms with Crippen molar-refractivity contribution in [2.75, 3.05) is 13.1 Å². The molecule has 4 heteroatoms. The van der Waals surface area contributed by atoms with Crippen LogP contribution in [0.3, 0.4) is 0 Å². The average molecular weight is 258 g/mol. The lowest BCUT2D eigenvalue weighted by Gasteiger charge is -2.35. The summed E-state index contributed by atoms with van der Waals surface area (Å²) >= 11 is 0. The summed E-state index contributed by atoms with van der Waals surface area (Å²) in [6.07, 6.45) is 2.08. The topological polar surface area (TPSA) is 45.3 Å². The van der Waals surface area contributed by atoms with E-state index in [9.17, 15) is 4.79 Å². The maximum absolute atomic E-state index is 12.5. The zero-order chi connectivity index (χ0) is 13.4. The molecule has 100 valence electrons. The Kier molecular flexibility index (Phi) is 3.03. The van der Waals surface area contributed by atoms with Crippen molar-refractivity contribution in [3.63, 3.8) is 0 Å². The SMILES string of the molecule is CC1CN(C(=O)c2ccc3cc[nH]c3c2)CC(C)O1. The predicted octanol–water partition coefficient (Wildman–Crippen LogP) is 2.42. The van der Waals surface area contributed by atoms with Crippen LogP contribution in [0.25, 0.3) is 10.9 Å². The normalized spacial score (nSPS) is 23.8. The van der Waals surface area contributed by atoms with E-state index in [2.05, 4.69) is 4.98 Å². The van der Waals surface area contributed by atoms with Crippen LogP contribution in [0.4, 0.5) is 0 Å². The maximum atomic E-state index is 12.5. The van der Waals surface area contributed by atoms with Gasteiger partial charge in [0.15, 0.2) is 0 Å². The molecule has 2 heterocycles. The summed E-state index contributed by atoms with van der Waals surface area (Å²) in [5.74, 6) is 0.0819. The van der Waals surface area contributed by atoms with Gasteiger partial charge in [0.2, 0.25) is 0 Å². The first-order chi connectivity index (χ1) is 9.13. The van der Waals surface area contributed by atoms with Crippen LogP contribution in [0.5, 0.6) is 0 Å². The lowest BCUT2D eigenvalue weighted by Crippen LogP contribution is -2.48. The number of morpholine rings is 1. The molecule has 1 fully saturated rings. The van der Waals surface area contributed by atoms with E-state index in [-0.39, 0.29) is 18.1 Å². The second-order valence-corrected chi connectivity index (χ2v) is 5.25. The summed E-state index contributed by atoms with van der Waals surface area (Å²) in [4.78, 5) is 17.5. The van der Waals surface area contributed by atoms with Crippen LogP contribution in [-0.4, -0.2) is 41.1 Å². The number of carbonyl (C=O) groups is 1. The summed E-state index contributed by atoms with van der Waals surface area (Å²) in [7, 11) is 0. The number of ether oxygens (including phenoxy) is 1. The molecule has 2 unspecified atom stereocenters. The molecule has 1 aromatic heterocycles. The number of benzene rings is 1. The highest BCUT2D eigenvalue weighted by molar-refractivity contribution is 5.98. The Morgan fingerprint density at radius 3 is 2.74 bits per heavy atom. The monoisotopic (exact) mass is 258 g/mol. The molecule has 19 heavy (non-hydrogen) atoms. The third-order valence-corrected chi connectivity index (χ3v) is 3.51. The van der Waals surface area contributed by atoms with E-state index < -0.39 is 0 Å². The number of hydrogen-bond acceptors (Lipinski definition) is 2. The van der Waals surface area contributed by atoms with Crippen molar-refractivity contribution < 1.29 is 9.53 Å². The van der Waals surface area contributed by atoms with Crippen LogP contribution < -0.4 is 0 Å². The molecule has 0 saturated carbocycles. The van der Waals surface area contributed by atoms with Gasteiger partial charge in [0.1, 0.15) is 0 Å². The first kappa shape index (κ1) is 12.2. The zero-order valence-corrected chi connectivity index (χ0v) is 11.2. The Morgan fingerprint density at radius 1 is 1.26 bits per heavy atom. The molecule has 1 aliphatic rings. The average Bonchev–Trinajstić information content (AvgIpc) is 2.83. The number of aromatic nitrogens is 1. The van der Waals surface area contributed by atoms with E-state index >= 15 is 0 Å². The Bertz CT molecular complexity index is 595. The van der Waals surface area contributed by atoms with E-state index in [1.807, 2.05) is 49.2 Å². The van der Waals surface area contributed by atoms with E-state index in [4.69, 9.17) is 4.74 Å². The molecule has 1 N–H and O–H groups in total. The molecule has 1 amide bonds. The zero-order valence-electron chi connectivity index (χ0n) is 11.2. The van der Waals surface area contributed by atoms with Gasteiger partial charge in [-0.2, -0.15) is 0 Å². The lowest BCUT2D eigenvalue weighted by atomic mass is 10.1. The second kappa shape index (κ2) is 4.70. The van der Waals surface area contributed by atoms with E-state index in [1.54, 1.807) is 0 Å². The number of nitrogens with one attached hydrogen (secondary N) is 1. The molecule has 4 nitrogen and oxygen atoms in total. The third-order valence-electron chi connectivity index (χ3n) is 3.51. The fourth-order valence-corrected chi connectivity index (χ4v) is 2.71. The molecule has 0 aliphatic carbocycles. The van der Waals surface area contributed by atoms with E-state index in [0.717, 1.165) is 16.5 Å². The summed E-state index contributed by atoms with van der Waals surface area (Å²) in [6, 6.07) is 7.79. The minimum Gasteiger partial charge on any atom is -0.372 e. The van der Waals surface area contributed by atoms with Gasteiger partial charge in [-0.15, -0.1) is 0 Å². The highest BCUT2D eigenvalue weighted by atomic mass is 16.5. The number of rotatable bonds is 1. The van der Waals surface area contributed by atoms with Gasteiger partial charge in [-0.05, 0) is 37.4 Å². The largest absolute Gasteiger partial charge is 0.372 e. The van der Waals surface area contributed by atoms with Crippen molar-refractivity contribution in [1.29, 1.82) is 0 Å². The highest BCUT2D eigenvalue weighted by Gasteiger charge is 2.26. The molecular weight excluding hydrogens is 240 g/mol.